The van der Waals surface area contributed by atoms with E-state index >= 15 is 0 Å². The maximum Gasteiger partial charge on any atom is 0.164 e. The zero-order chi connectivity index (χ0) is 41.4. The summed E-state index contributed by atoms with van der Waals surface area (Å²) >= 11 is 0. The van der Waals surface area contributed by atoms with Crippen LogP contribution in [0.5, 0.6) is 0 Å². The molecular weight excluding hydrogens is 766 g/mol. The van der Waals surface area contributed by atoms with Crippen LogP contribution in [0.15, 0.2) is 206 Å². The molecule has 11 rings (SSSR count). The van der Waals surface area contributed by atoms with Crippen molar-refractivity contribution in [2.24, 2.45) is 0 Å². The summed E-state index contributed by atoms with van der Waals surface area (Å²) in [5.74, 6) is 3.01. The lowest BCUT2D eigenvalue weighted by Gasteiger charge is -2.15. The van der Waals surface area contributed by atoms with Crippen molar-refractivity contribution in [2.75, 3.05) is 0 Å². The first-order chi connectivity index (χ1) is 30.6. The van der Waals surface area contributed by atoms with Crippen molar-refractivity contribution in [3.8, 4) is 85.1 Å². The first-order valence-electron chi connectivity index (χ1n) is 20.3. The molecule has 292 valence electrons. The molecule has 0 fully saturated rings. The van der Waals surface area contributed by atoms with Crippen LogP contribution >= 0.6 is 0 Å². The minimum absolute atomic E-state index is 0.328. The lowest BCUT2D eigenvalue weighted by Crippen LogP contribution is -2.02. The molecule has 0 unspecified atom stereocenters. The molecule has 0 amide bonds. The number of hydrogen-bond acceptors (Lipinski definition) is 6. The summed E-state index contributed by atoms with van der Waals surface area (Å²) in [6.07, 6.45) is 0. The van der Waals surface area contributed by atoms with Gasteiger partial charge in [-0.05, 0) is 59.7 Å². The first kappa shape index (κ1) is 36.6. The number of nitrogens with zero attached hydrogens (tertiary/aromatic N) is 7. The van der Waals surface area contributed by atoms with Gasteiger partial charge < -0.3 is 4.57 Å². The van der Waals surface area contributed by atoms with Gasteiger partial charge in [-0.1, -0.05) is 158 Å². The molecule has 8 aromatic carbocycles. The fourth-order valence-corrected chi connectivity index (χ4v) is 8.02. The van der Waals surface area contributed by atoms with Gasteiger partial charge >= 0.3 is 0 Å². The van der Waals surface area contributed by atoms with Crippen LogP contribution < -0.4 is 0 Å². The zero-order valence-corrected chi connectivity index (χ0v) is 33.1. The van der Waals surface area contributed by atoms with Crippen LogP contribution in [0.2, 0.25) is 0 Å². The monoisotopic (exact) mass is 799 g/mol. The van der Waals surface area contributed by atoms with Gasteiger partial charge in [-0.25, -0.2) is 34.3 Å². The Hall–Kier alpha value is -8.49. The summed E-state index contributed by atoms with van der Waals surface area (Å²) in [7, 11) is 0. The van der Waals surface area contributed by atoms with Crippen LogP contribution in [0.1, 0.15) is 0 Å². The van der Waals surface area contributed by atoms with Crippen LogP contribution in [-0.4, -0.2) is 34.5 Å². The number of halogens is 1. The topological polar surface area (TPSA) is 82.3 Å². The first-order valence-corrected chi connectivity index (χ1v) is 20.3. The largest absolute Gasteiger partial charge is 0.309 e. The van der Waals surface area contributed by atoms with E-state index in [1.807, 2.05) is 133 Å². The number of benzene rings is 8. The number of rotatable bonds is 8. The highest BCUT2D eigenvalue weighted by molar-refractivity contribution is 6.10. The van der Waals surface area contributed by atoms with E-state index in [0.29, 0.717) is 40.5 Å². The van der Waals surface area contributed by atoms with E-state index in [2.05, 4.69) is 59.2 Å². The fourth-order valence-electron chi connectivity index (χ4n) is 8.02. The molecule has 0 atom stereocenters. The quantitative estimate of drug-likeness (QED) is 0.152. The van der Waals surface area contributed by atoms with Crippen LogP contribution in [0.25, 0.3) is 107 Å². The minimum Gasteiger partial charge on any atom is -0.309 e. The molecule has 0 aliphatic heterocycles. The van der Waals surface area contributed by atoms with Crippen molar-refractivity contribution in [3.63, 3.8) is 0 Å². The summed E-state index contributed by atoms with van der Waals surface area (Å²) < 4.78 is 17.2. The molecule has 0 N–H and O–H groups in total. The second-order valence-electron chi connectivity index (χ2n) is 14.9. The molecule has 0 aliphatic carbocycles. The molecule has 0 radical (unpaired) electrons. The smallest absolute Gasteiger partial charge is 0.164 e. The summed E-state index contributed by atoms with van der Waals surface area (Å²) in [5, 5.41) is 2.10. The second kappa shape index (κ2) is 15.6. The number of aromatic nitrogens is 7. The van der Waals surface area contributed by atoms with Gasteiger partial charge in [-0.3, -0.25) is 0 Å². The van der Waals surface area contributed by atoms with Crippen LogP contribution in [0.3, 0.4) is 0 Å². The van der Waals surface area contributed by atoms with Gasteiger partial charge in [0.2, 0.25) is 0 Å². The molecule has 62 heavy (non-hydrogen) atoms. The van der Waals surface area contributed by atoms with E-state index in [1.54, 1.807) is 12.1 Å². The summed E-state index contributed by atoms with van der Waals surface area (Å²) in [4.78, 5) is 30.1. The minimum atomic E-state index is -0.328. The standard InChI is InChI=1S/C54H34FN7/c55-41-25-15-24-39(32-41)43-30-29-42(34-46(43)54-60-51(37-20-9-3-10-21-37)57-52(61-54)38-22-11-4-12-23-38)62-47-27-14-13-26-44(47)45-33-40(28-31-48(45)62)53-58-49(35-16-5-1-6-17-35)56-50(59-53)36-18-7-2-8-19-36/h1-34H. The van der Waals surface area contributed by atoms with E-state index in [-0.39, 0.29) is 5.82 Å². The molecule has 0 saturated heterocycles. The molecule has 7 nitrogen and oxygen atoms in total. The predicted molar refractivity (Wildman–Crippen MR) is 246 cm³/mol. The summed E-state index contributed by atoms with van der Waals surface area (Å²) in [6, 6.07) is 67.4. The van der Waals surface area contributed by atoms with Gasteiger partial charge in [0, 0.05) is 49.8 Å². The van der Waals surface area contributed by atoms with Gasteiger partial charge in [0.05, 0.1) is 11.0 Å². The second-order valence-corrected chi connectivity index (χ2v) is 14.9. The van der Waals surface area contributed by atoms with Gasteiger partial charge in [-0.2, -0.15) is 0 Å². The Morgan fingerprint density at radius 2 is 0.742 bits per heavy atom. The Labute approximate surface area is 356 Å². The van der Waals surface area contributed by atoms with Gasteiger partial charge in [-0.15, -0.1) is 0 Å². The normalized spacial score (nSPS) is 11.3. The third kappa shape index (κ3) is 6.85. The third-order valence-corrected chi connectivity index (χ3v) is 11.0. The molecule has 0 saturated carbocycles. The molecule has 0 bridgehead atoms. The maximum atomic E-state index is 14.9. The van der Waals surface area contributed by atoms with E-state index in [4.69, 9.17) is 29.9 Å². The van der Waals surface area contributed by atoms with Gasteiger partial charge in [0.1, 0.15) is 5.82 Å². The van der Waals surface area contributed by atoms with Crippen LogP contribution in [0, 0.1) is 5.82 Å². The Balaban J connectivity index is 1.12. The summed E-state index contributed by atoms with van der Waals surface area (Å²) in [5.41, 5.74) is 9.54. The molecule has 11 aromatic rings. The third-order valence-electron chi connectivity index (χ3n) is 11.0. The molecular formula is C54H34FN7. The van der Waals surface area contributed by atoms with E-state index in [1.165, 1.54) is 6.07 Å². The average Bonchev–Trinajstić information content (AvgIpc) is 3.68. The van der Waals surface area contributed by atoms with E-state index < -0.39 is 0 Å². The maximum absolute atomic E-state index is 14.9. The molecule has 8 heteroatoms. The molecule has 3 heterocycles. The lowest BCUT2D eigenvalue weighted by atomic mass is 9.98. The number of para-hydroxylation sites is 1. The number of hydrogen-bond donors (Lipinski definition) is 0. The highest BCUT2D eigenvalue weighted by Crippen LogP contribution is 2.39. The van der Waals surface area contributed by atoms with Crippen molar-refractivity contribution in [1.82, 2.24) is 34.5 Å². The SMILES string of the molecule is Fc1cccc(-c2ccc(-n3c4ccccc4c4cc(-c5nc(-c6ccccc6)nc(-c6ccccc6)n5)ccc43)cc2-c2nc(-c3ccccc3)nc(-c3ccccc3)n2)c1. The fraction of sp³-hybridized carbons (Fsp3) is 0. The van der Waals surface area contributed by atoms with Crippen LogP contribution in [-0.2, 0) is 0 Å². The Kier molecular flexibility index (Phi) is 9.20. The zero-order valence-electron chi connectivity index (χ0n) is 33.1. The van der Waals surface area contributed by atoms with Crippen molar-refractivity contribution in [3.05, 3.63) is 212 Å². The van der Waals surface area contributed by atoms with E-state index in [9.17, 15) is 4.39 Å². The highest BCUT2D eigenvalue weighted by atomic mass is 19.1. The Bertz CT molecular complexity index is 3290. The lowest BCUT2D eigenvalue weighted by molar-refractivity contribution is 0.628. The summed E-state index contributed by atoms with van der Waals surface area (Å²) in [6.45, 7) is 0. The predicted octanol–water partition coefficient (Wildman–Crippen LogP) is 13.0. The van der Waals surface area contributed by atoms with Crippen molar-refractivity contribution >= 4 is 21.8 Å². The van der Waals surface area contributed by atoms with Crippen molar-refractivity contribution < 1.29 is 4.39 Å². The Morgan fingerprint density at radius 3 is 1.27 bits per heavy atom. The Morgan fingerprint density at radius 1 is 0.290 bits per heavy atom. The molecule has 3 aromatic heterocycles. The van der Waals surface area contributed by atoms with Gasteiger partial charge in [0.25, 0.3) is 0 Å². The van der Waals surface area contributed by atoms with Gasteiger partial charge in [0.15, 0.2) is 34.9 Å². The molecule has 0 aliphatic rings. The molecule has 0 spiro atoms. The van der Waals surface area contributed by atoms with Crippen molar-refractivity contribution in [1.29, 1.82) is 0 Å². The average molecular weight is 800 g/mol. The van der Waals surface area contributed by atoms with Crippen molar-refractivity contribution in [2.45, 2.75) is 0 Å². The highest BCUT2D eigenvalue weighted by Gasteiger charge is 2.21. The van der Waals surface area contributed by atoms with Crippen LogP contribution in [0.4, 0.5) is 4.39 Å². The van der Waals surface area contributed by atoms with E-state index in [0.717, 1.165) is 66.4 Å². The number of fused-ring (bicyclic) bond motifs is 3.